The third kappa shape index (κ3) is 3.77. The van der Waals surface area contributed by atoms with E-state index in [9.17, 15) is 14.4 Å². The Hall–Kier alpha value is -3.49. The lowest BCUT2D eigenvalue weighted by Gasteiger charge is -2.32. The van der Waals surface area contributed by atoms with Crippen LogP contribution in [0.3, 0.4) is 0 Å². The fourth-order valence-electron chi connectivity index (χ4n) is 2.47. The maximum Gasteiger partial charge on any atom is 0.289 e. The lowest BCUT2D eigenvalue weighted by molar-refractivity contribution is -0.125. The van der Waals surface area contributed by atoms with Crippen molar-refractivity contribution in [1.29, 1.82) is 0 Å². The average Bonchev–Trinajstić information content (AvgIpc) is 2.67. The number of anilines is 1. The Balaban J connectivity index is 1.56. The zero-order chi connectivity index (χ0) is 18.5. The van der Waals surface area contributed by atoms with Crippen molar-refractivity contribution in [3.63, 3.8) is 0 Å². The van der Waals surface area contributed by atoms with Crippen LogP contribution in [0.2, 0.25) is 0 Å². The number of hydrogen-bond acceptors (Lipinski definition) is 6. The maximum atomic E-state index is 12.3. The molecular formula is C17H17N5O4. The number of hydrazine groups is 1. The molecule has 0 fully saturated rings. The van der Waals surface area contributed by atoms with E-state index in [0.717, 1.165) is 0 Å². The van der Waals surface area contributed by atoms with E-state index >= 15 is 0 Å². The van der Waals surface area contributed by atoms with Gasteiger partial charge in [-0.25, -0.2) is 4.98 Å². The molecule has 1 aromatic heterocycles. The first-order valence-electron chi connectivity index (χ1n) is 7.98. The smallest absolute Gasteiger partial charge is 0.289 e. The highest BCUT2D eigenvalue weighted by Gasteiger charge is 2.31. The van der Waals surface area contributed by atoms with Crippen molar-refractivity contribution >= 4 is 23.4 Å². The average molecular weight is 355 g/mol. The van der Waals surface area contributed by atoms with E-state index in [4.69, 9.17) is 4.74 Å². The second kappa shape index (κ2) is 7.60. The Kier molecular flexibility index (Phi) is 5.07. The summed E-state index contributed by atoms with van der Waals surface area (Å²) >= 11 is 0. The van der Waals surface area contributed by atoms with Crippen molar-refractivity contribution in [2.75, 3.05) is 11.4 Å². The fourth-order valence-corrected chi connectivity index (χ4v) is 2.47. The van der Waals surface area contributed by atoms with Crippen molar-refractivity contribution in [1.82, 2.24) is 20.8 Å². The van der Waals surface area contributed by atoms with Crippen LogP contribution < -0.4 is 20.5 Å². The minimum absolute atomic E-state index is 0.00748. The highest BCUT2D eigenvalue weighted by molar-refractivity contribution is 6.00. The lowest BCUT2D eigenvalue weighted by atomic mass is 10.1. The van der Waals surface area contributed by atoms with Crippen LogP contribution in [0.5, 0.6) is 5.75 Å². The molecule has 2 N–H and O–H groups in total. The topological polar surface area (TPSA) is 114 Å². The monoisotopic (exact) mass is 355 g/mol. The van der Waals surface area contributed by atoms with Crippen molar-refractivity contribution < 1.29 is 19.1 Å². The SMILES string of the molecule is C[C@H]1Oc2ccccc2N(CCC(=O)NNC(=O)c2cnccn2)C1=O. The van der Waals surface area contributed by atoms with Gasteiger partial charge in [0.05, 0.1) is 11.9 Å². The quantitative estimate of drug-likeness (QED) is 0.770. The second-order valence-corrected chi connectivity index (χ2v) is 5.56. The molecule has 1 aromatic carbocycles. The molecule has 9 nitrogen and oxygen atoms in total. The molecule has 0 unspecified atom stereocenters. The summed E-state index contributed by atoms with van der Waals surface area (Å²) in [5.41, 5.74) is 5.25. The molecular weight excluding hydrogens is 338 g/mol. The summed E-state index contributed by atoms with van der Waals surface area (Å²) in [5, 5.41) is 0. The van der Waals surface area contributed by atoms with Crippen LogP contribution in [-0.2, 0) is 9.59 Å². The number of carbonyl (C=O) groups excluding carboxylic acids is 3. The lowest BCUT2D eigenvalue weighted by Crippen LogP contribution is -2.47. The van der Waals surface area contributed by atoms with E-state index in [0.29, 0.717) is 11.4 Å². The zero-order valence-corrected chi connectivity index (χ0v) is 14.0. The van der Waals surface area contributed by atoms with Gasteiger partial charge < -0.3 is 9.64 Å². The van der Waals surface area contributed by atoms with Crippen molar-refractivity contribution in [3.05, 3.63) is 48.5 Å². The Bertz CT molecular complexity index is 827. The molecule has 2 aromatic rings. The predicted molar refractivity (Wildman–Crippen MR) is 91.1 cm³/mol. The van der Waals surface area contributed by atoms with Crippen LogP contribution in [0.4, 0.5) is 5.69 Å². The molecule has 3 amide bonds. The molecule has 0 saturated carbocycles. The van der Waals surface area contributed by atoms with Gasteiger partial charge in [0.2, 0.25) is 5.91 Å². The highest BCUT2D eigenvalue weighted by Crippen LogP contribution is 2.33. The van der Waals surface area contributed by atoms with Gasteiger partial charge in [0, 0.05) is 25.4 Å². The molecule has 0 bridgehead atoms. The van der Waals surface area contributed by atoms with Crippen LogP contribution >= 0.6 is 0 Å². The van der Waals surface area contributed by atoms with Gasteiger partial charge in [0.25, 0.3) is 11.8 Å². The number of para-hydroxylation sites is 2. The van der Waals surface area contributed by atoms with Crippen LogP contribution in [0, 0.1) is 0 Å². The van der Waals surface area contributed by atoms with Crippen LogP contribution in [-0.4, -0.2) is 40.3 Å². The number of nitrogens with zero attached hydrogens (tertiary/aromatic N) is 3. The first-order chi connectivity index (χ1) is 12.6. The number of benzene rings is 1. The Labute approximate surface area is 149 Å². The minimum atomic E-state index is -0.621. The number of ether oxygens (including phenoxy) is 1. The Morgan fingerprint density at radius 1 is 1.23 bits per heavy atom. The van der Waals surface area contributed by atoms with E-state index < -0.39 is 17.9 Å². The molecule has 1 atom stereocenters. The number of carbonyl (C=O) groups is 3. The van der Waals surface area contributed by atoms with E-state index in [1.165, 1.54) is 23.5 Å². The third-order valence-electron chi connectivity index (χ3n) is 3.75. The first-order valence-corrected chi connectivity index (χ1v) is 7.98. The highest BCUT2D eigenvalue weighted by atomic mass is 16.5. The summed E-state index contributed by atoms with van der Waals surface area (Å²) in [6, 6.07) is 7.13. The van der Waals surface area contributed by atoms with Crippen molar-refractivity contribution in [2.24, 2.45) is 0 Å². The van der Waals surface area contributed by atoms with Crippen LogP contribution in [0.1, 0.15) is 23.8 Å². The van der Waals surface area contributed by atoms with E-state index in [2.05, 4.69) is 20.8 Å². The first kappa shape index (κ1) is 17.3. The molecule has 26 heavy (non-hydrogen) atoms. The molecule has 0 aliphatic carbocycles. The summed E-state index contributed by atoms with van der Waals surface area (Å²) in [5.74, 6) is -0.643. The molecule has 0 radical (unpaired) electrons. The zero-order valence-electron chi connectivity index (χ0n) is 14.0. The summed E-state index contributed by atoms with van der Waals surface area (Å²) in [6.07, 6.45) is 3.48. The summed E-state index contributed by atoms with van der Waals surface area (Å²) < 4.78 is 5.55. The molecule has 9 heteroatoms. The Morgan fingerprint density at radius 3 is 2.81 bits per heavy atom. The van der Waals surface area contributed by atoms with Gasteiger partial charge in [-0.05, 0) is 19.1 Å². The molecule has 1 aliphatic heterocycles. The standard InChI is InChI=1S/C17H17N5O4/c1-11-17(25)22(13-4-2-3-5-14(13)26-11)9-6-15(23)20-21-16(24)12-10-18-7-8-19-12/h2-5,7-8,10-11H,6,9H2,1H3,(H,20,23)(H,21,24)/t11-/m1/s1. The van der Waals surface area contributed by atoms with Gasteiger partial charge >= 0.3 is 0 Å². The number of nitrogens with one attached hydrogen (secondary N) is 2. The van der Waals surface area contributed by atoms with Gasteiger partial charge in [0.15, 0.2) is 6.10 Å². The normalized spacial score (nSPS) is 15.7. The maximum absolute atomic E-state index is 12.3. The molecule has 0 spiro atoms. The number of hydrogen-bond donors (Lipinski definition) is 2. The van der Waals surface area contributed by atoms with E-state index in [1.54, 1.807) is 25.1 Å². The van der Waals surface area contributed by atoms with Gasteiger partial charge in [0.1, 0.15) is 11.4 Å². The number of aromatic nitrogens is 2. The largest absolute Gasteiger partial charge is 0.479 e. The summed E-state index contributed by atoms with van der Waals surface area (Å²) in [4.78, 5) is 45.2. The molecule has 1 aliphatic rings. The molecule has 2 heterocycles. The van der Waals surface area contributed by atoms with E-state index in [1.807, 2.05) is 6.07 Å². The molecule has 134 valence electrons. The van der Waals surface area contributed by atoms with Gasteiger partial charge in [-0.1, -0.05) is 12.1 Å². The van der Waals surface area contributed by atoms with Crippen LogP contribution in [0.25, 0.3) is 0 Å². The van der Waals surface area contributed by atoms with Crippen molar-refractivity contribution in [2.45, 2.75) is 19.4 Å². The van der Waals surface area contributed by atoms with Gasteiger partial charge in [-0.15, -0.1) is 0 Å². The van der Waals surface area contributed by atoms with Crippen LogP contribution in [0.15, 0.2) is 42.9 Å². The summed E-state index contributed by atoms with van der Waals surface area (Å²) in [7, 11) is 0. The molecule has 3 rings (SSSR count). The van der Waals surface area contributed by atoms with E-state index in [-0.39, 0.29) is 24.6 Å². The summed E-state index contributed by atoms with van der Waals surface area (Å²) in [6.45, 7) is 1.82. The van der Waals surface area contributed by atoms with Crippen molar-refractivity contribution in [3.8, 4) is 5.75 Å². The predicted octanol–water partition coefficient (Wildman–Crippen LogP) is 0.442. The number of amides is 3. The fraction of sp³-hybridized carbons (Fsp3) is 0.235. The Morgan fingerprint density at radius 2 is 2.04 bits per heavy atom. The third-order valence-corrected chi connectivity index (χ3v) is 3.75. The second-order valence-electron chi connectivity index (χ2n) is 5.56. The number of fused-ring (bicyclic) bond motifs is 1. The van der Waals surface area contributed by atoms with Gasteiger partial charge in [-0.3, -0.25) is 30.2 Å². The molecule has 0 saturated heterocycles. The minimum Gasteiger partial charge on any atom is -0.479 e. The van der Waals surface area contributed by atoms with Gasteiger partial charge in [-0.2, -0.15) is 0 Å². The number of rotatable bonds is 4.